The first-order chi connectivity index (χ1) is 9.34. The van der Waals surface area contributed by atoms with Gasteiger partial charge in [-0.05, 0) is 12.0 Å². The van der Waals surface area contributed by atoms with E-state index in [2.05, 4.69) is 12.1 Å². The third-order valence-electron chi connectivity index (χ3n) is 3.46. The van der Waals surface area contributed by atoms with Crippen molar-refractivity contribution in [1.29, 1.82) is 0 Å². The first kappa shape index (κ1) is 12.1. The molecule has 2 nitrogen and oxygen atoms in total. The summed E-state index contributed by atoms with van der Waals surface area (Å²) < 4.78 is 5.64. The van der Waals surface area contributed by atoms with E-state index >= 15 is 0 Å². The van der Waals surface area contributed by atoms with Gasteiger partial charge in [-0.2, -0.15) is 0 Å². The van der Waals surface area contributed by atoms with Crippen molar-refractivity contribution in [3.05, 3.63) is 71.8 Å². The van der Waals surface area contributed by atoms with Crippen LogP contribution in [0, 0.1) is 0 Å². The molecule has 0 aromatic heterocycles. The lowest BCUT2D eigenvalue weighted by Gasteiger charge is -1.99. The molecule has 19 heavy (non-hydrogen) atoms. The second kappa shape index (κ2) is 5.37. The molecule has 2 aromatic carbocycles. The van der Waals surface area contributed by atoms with Gasteiger partial charge in [0.1, 0.15) is 6.10 Å². The molecule has 0 N–H and O–H groups in total. The minimum absolute atomic E-state index is 0.185. The topological polar surface area (TPSA) is 29.6 Å². The van der Waals surface area contributed by atoms with Crippen LogP contribution in [-0.4, -0.2) is 11.9 Å². The number of ether oxygens (including phenoxy) is 1. The lowest BCUT2D eigenvalue weighted by atomic mass is 10.0. The van der Waals surface area contributed by atoms with E-state index in [1.807, 2.05) is 48.5 Å². The predicted octanol–water partition coefficient (Wildman–Crippen LogP) is 3.79. The molecule has 0 spiro atoms. The Morgan fingerprint density at radius 1 is 0.947 bits per heavy atom. The van der Waals surface area contributed by atoms with E-state index in [4.69, 9.17) is 4.74 Å². The Morgan fingerprint density at radius 3 is 2.26 bits per heavy atom. The molecule has 3 rings (SSSR count). The fraction of sp³-hybridized carbons (Fsp3) is 0.235. The molecular weight excluding hydrogens is 236 g/mol. The Hall–Kier alpha value is -1.93. The minimum Gasteiger partial charge on any atom is -0.364 e. The summed E-state index contributed by atoms with van der Waals surface area (Å²) in [7, 11) is 0. The minimum atomic E-state index is 0.185. The van der Waals surface area contributed by atoms with Crippen LogP contribution in [0.4, 0.5) is 0 Å². The number of rotatable bonds is 5. The van der Waals surface area contributed by atoms with Crippen LogP contribution >= 0.6 is 0 Å². The van der Waals surface area contributed by atoms with Crippen molar-refractivity contribution < 1.29 is 9.53 Å². The van der Waals surface area contributed by atoms with Crippen LogP contribution in [-0.2, 0) is 4.74 Å². The van der Waals surface area contributed by atoms with Crippen molar-refractivity contribution in [2.75, 3.05) is 0 Å². The van der Waals surface area contributed by atoms with E-state index in [9.17, 15) is 4.79 Å². The van der Waals surface area contributed by atoms with Gasteiger partial charge < -0.3 is 4.74 Å². The number of hydrogen-bond acceptors (Lipinski definition) is 2. The van der Waals surface area contributed by atoms with E-state index in [1.165, 1.54) is 5.56 Å². The summed E-state index contributed by atoms with van der Waals surface area (Å²) in [5.41, 5.74) is 2.00. The summed E-state index contributed by atoms with van der Waals surface area (Å²) in [5.74, 6) is 0.197. The van der Waals surface area contributed by atoms with Crippen molar-refractivity contribution in [3.63, 3.8) is 0 Å². The number of hydrogen-bond donors (Lipinski definition) is 0. The van der Waals surface area contributed by atoms with Crippen molar-refractivity contribution in [2.24, 2.45) is 0 Å². The summed E-state index contributed by atoms with van der Waals surface area (Å²) in [5, 5.41) is 0. The molecule has 0 bridgehead atoms. The zero-order chi connectivity index (χ0) is 13.1. The monoisotopic (exact) mass is 252 g/mol. The molecule has 1 fully saturated rings. The van der Waals surface area contributed by atoms with Gasteiger partial charge in [0.15, 0.2) is 5.78 Å². The van der Waals surface area contributed by atoms with Crippen LogP contribution in [0.25, 0.3) is 0 Å². The molecule has 2 atom stereocenters. The van der Waals surface area contributed by atoms with Crippen LogP contribution in [0.3, 0.4) is 0 Å². The summed E-state index contributed by atoms with van der Waals surface area (Å²) >= 11 is 0. The number of epoxide rings is 1. The molecule has 0 aliphatic carbocycles. The average Bonchev–Trinajstić information content (AvgIpc) is 3.26. The van der Waals surface area contributed by atoms with Crippen LogP contribution in [0.1, 0.15) is 34.9 Å². The van der Waals surface area contributed by atoms with Crippen LogP contribution < -0.4 is 0 Å². The standard InChI is InChI=1S/C17H16O2/c18-15(13-7-3-1-4-8-13)11-12-16-17(19-16)14-9-5-2-6-10-14/h1-10,16-17H,11-12H2/t16-,17-/m1/s1. The van der Waals surface area contributed by atoms with Gasteiger partial charge in [0.05, 0.1) is 6.10 Å². The Morgan fingerprint density at radius 2 is 1.58 bits per heavy atom. The van der Waals surface area contributed by atoms with E-state index in [-0.39, 0.29) is 18.0 Å². The largest absolute Gasteiger partial charge is 0.364 e. The van der Waals surface area contributed by atoms with E-state index < -0.39 is 0 Å². The highest BCUT2D eigenvalue weighted by Gasteiger charge is 2.39. The maximum atomic E-state index is 12.0. The molecule has 1 heterocycles. The molecule has 1 aliphatic heterocycles. The van der Waals surface area contributed by atoms with Crippen LogP contribution in [0.5, 0.6) is 0 Å². The molecule has 2 heteroatoms. The zero-order valence-corrected chi connectivity index (χ0v) is 10.7. The lowest BCUT2D eigenvalue weighted by Crippen LogP contribution is -2.01. The Balaban J connectivity index is 1.51. The summed E-state index contributed by atoms with van der Waals surface area (Å²) in [6, 6.07) is 19.6. The predicted molar refractivity (Wildman–Crippen MR) is 74.1 cm³/mol. The molecule has 0 amide bonds. The van der Waals surface area contributed by atoms with Crippen molar-refractivity contribution >= 4 is 5.78 Å². The second-order valence-electron chi connectivity index (χ2n) is 4.83. The molecule has 0 radical (unpaired) electrons. The highest BCUT2D eigenvalue weighted by molar-refractivity contribution is 5.95. The Labute approximate surface area is 113 Å². The Kier molecular flexibility index (Phi) is 3.43. The maximum absolute atomic E-state index is 12.0. The number of carbonyl (C=O) groups excluding carboxylic acids is 1. The third kappa shape index (κ3) is 2.91. The van der Waals surface area contributed by atoms with Crippen molar-refractivity contribution in [1.82, 2.24) is 0 Å². The van der Waals surface area contributed by atoms with Gasteiger partial charge in [-0.3, -0.25) is 4.79 Å². The van der Waals surface area contributed by atoms with E-state index in [0.717, 1.165) is 12.0 Å². The van der Waals surface area contributed by atoms with Gasteiger partial charge in [0.25, 0.3) is 0 Å². The smallest absolute Gasteiger partial charge is 0.162 e. The molecule has 0 unspecified atom stereocenters. The SMILES string of the molecule is O=C(CC[C@H]1O[C@@H]1c1ccccc1)c1ccccc1. The van der Waals surface area contributed by atoms with Crippen LogP contribution in [0.15, 0.2) is 60.7 Å². The number of ketones is 1. The van der Waals surface area contributed by atoms with Gasteiger partial charge in [-0.25, -0.2) is 0 Å². The fourth-order valence-corrected chi connectivity index (χ4v) is 2.34. The normalized spacial score (nSPS) is 21.1. The van der Waals surface area contributed by atoms with Gasteiger partial charge in [0.2, 0.25) is 0 Å². The molecule has 96 valence electrons. The van der Waals surface area contributed by atoms with Crippen molar-refractivity contribution in [2.45, 2.75) is 25.0 Å². The number of Topliss-reactive ketones (excluding diaryl/α,β-unsaturated/α-hetero) is 1. The zero-order valence-electron chi connectivity index (χ0n) is 10.7. The van der Waals surface area contributed by atoms with Gasteiger partial charge in [-0.15, -0.1) is 0 Å². The molecule has 0 saturated carbocycles. The quantitative estimate of drug-likeness (QED) is 0.598. The maximum Gasteiger partial charge on any atom is 0.162 e. The summed E-state index contributed by atoms with van der Waals surface area (Å²) in [4.78, 5) is 12.0. The summed E-state index contributed by atoms with van der Waals surface area (Å²) in [6.07, 6.45) is 1.74. The van der Waals surface area contributed by atoms with Gasteiger partial charge >= 0.3 is 0 Å². The first-order valence-corrected chi connectivity index (χ1v) is 6.63. The number of carbonyl (C=O) groups is 1. The highest BCUT2D eigenvalue weighted by atomic mass is 16.6. The van der Waals surface area contributed by atoms with Crippen LogP contribution in [0.2, 0.25) is 0 Å². The second-order valence-corrected chi connectivity index (χ2v) is 4.83. The molecule has 1 saturated heterocycles. The van der Waals surface area contributed by atoms with E-state index in [0.29, 0.717) is 6.42 Å². The van der Waals surface area contributed by atoms with E-state index in [1.54, 1.807) is 0 Å². The van der Waals surface area contributed by atoms with Gasteiger partial charge in [-0.1, -0.05) is 60.7 Å². The summed E-state index contributed by atoms with van der Waals surface area (Å²) in [6.45, 7) is 0. The van der Waals surface area contributed by atoms with Crippen molar-refractivity contribution in [3.8, 4) is 0 Å². The fourth-order valence-electron chi connectivity index (χ4n) is 2.34. The molecule has 2 aromatic rings. The van der Waals surface area contributed by atoms with Gasteiger partial charge in [0, 0.05) is 12.0 Å². The highest BCUT2D eigenvalue weighted by Crippen LogP contribution is 2.41. The first-order valence-electron chi connectivity index (χ1n) is 6.63. The number of benzene rings is 2. The Bertz CT molecular complexity index is 548. The molecule has 1 aliphatic rings. The average molecular weight is 252 g/mol. The molecular formula is C17H16O2. The lowest BCUT2D eigenvalue weighted by molar-refractivity contribution is 0.0976. The third-order valence-corrected chi connectivity index (χ3v) is 3.46.